The lowest BCUT2D eigenvalue weighted by Crippen LogP contribution is -2.56. The second-order valence-corrected chi connectivity index (χ2v) is 10.1. The van der Waals surface area contributed by atoms with Gasteiger partial charge in [-0.2, -0.15) is 0 Å². The molecule has 36 heavy (non-hydrogen) atoms. The predicted octanol–water partition coefficient (Wildman–Crippen LogP) is 4.06. The van der Waals surface area contributed by atoms with Gasteiger partial charge in [0, 0.05) is 45.3 Å². The average molecular weight is 497 g/mol. The average Bonchev–Trinajstić information content (AvgIpc) is 3.39. The van der Waals surface area contributed by atoms with Crippen LogP contribution in [-0.4, -0.2) is 73.0 Å². The van der Waals surface area contributed by atoms with Crippen molar-refractivity contribution < 1.29 is 14.0 Å². The zero-order valence-corrected chi connectivity index (χ0v) is 21.8. The molecule has 1 aromatic carbocycles. The molecule has 0 aromatic heterocycles. The Balaban J connectivity index is 1.39. The summed E-state index contributed by atoms with van der Waals surface area (Å²) in [5.74, 6) is -0.168. The largest absolute Gasteiger partial charge is 0.367 e. The number of piperazine rings is 1. The van der Waals surface area contributed by atoms with Gasteiger partial charge in [-0.3, -0.25) is 14.5 Å². The summed E-state index contributed by atoms with van der Waals surface area (Å²) >= 11 is 0. The summed E-state index contributed by atoms with van der Waals surface area (Å²) in [6, 6.07) is 5.15. The molecule has 1 saturated carbocycles. The fourth-order valence-electron chi connectivity index (χ4n) is 5.73. The molecule has 1 atom stereocenters. The Hall–Kier alpha value is -2.67. The van der Waals surface area contributed by atoms with Crippen LogP contribution in [0.25, 0.3) is 0 Å². The maximum atomic E-state index is 15.1. The molecule has 1 N–H and O–H groups in total. The van der Waals surface area contributed by atoms with Crippen LogP contribution in [0.15, 0.2) is 42.0 Å². The molecule has 4 rings (SSSR count). The number of halogens is 1. The zero-order valence-electron chi connectivity index (χ0n) is 21.8. The number of hydrogen-bond donors (Lipinski definition) is 1. The molecule has 0 spiro atoms. The van der Waals surface area contributed by atoms with Crippen molar-refractivity contribution in [3.05, 3.63) is 53.4 Å². The van der Waals surface area contributed by atoms with Gasteiger partial charge in [-0.1, -0.05) is 37.1 Å². The van der Waals surface area contributed by atoms with Gasteiger partial charge in [0.15, 0.2) is 0 Å². The van der Waals surface area contributed by atoms with Crippen LogP contribution in [0.2, 0.25) is 0 Å². The molecule has 1 unspecified atom stereocenters. The van der Waals surface area contributed by atoms with E-state index in [1.807, 2.05) is 24.8 Å². The summed E-state index contributed by atoms with van der Waals surface area (Å²) in [4.78, 5) is 32.0. The van der Waals surface area contributed by atoms with Crippen molar-refractivity contribution in [3.63, 3.8) is 0 Å². The summed E-state index contributed by atoms with van der Waals surface area (Å²) < 4.78 is 15.1. The van der Waals surface area contributed by atoms with E-state index in [1.54, 1.807) is 6.07 Å². The summed E-state index contributed by atoms with van der Waals surface area (Å²) in [6.07, 6.45) is 13.0. The molecular weight excluding hydrogens is 455 g/mol. The molecule has 2 fully saturated rings. The van der Waals surface area contributed by atoms with Crippen LogP contribution in [0.1, 0.15) is 57.9 Å². The van der Waals surface area contributed by atoms with Gasteiger partial charge < -0.3 is 15.1 Å². The molecular formula is C29H41FN4O2. The van der Waals surface area contributed by atoms with E-state index < -0.39 is 0 Å². The highest BCUT2D eigenvalue weighted by molar-refractivity contribution is 5.86. The lowest BCUT2D eigenvalue weighted by molar-refractivity contribution is -0.135. The van der Waals surface area contributed by atoms with Crippen molar-refractivity contribution in [3.8, 4) is 0 Å². The van der Waals surface area contributed by atoms with Crippen LogP contribution in [-0.2, 0) is 16.0 Å². The number of likely N-dealkylation sites (N-methyl/N-ethyl adjacent to an activating group) is 1. The van der Waals surface area contributed by atoms with Gasteiger partial charge in [-0.25, -0.2) is 4.39 Å². The number of nitrogens with zero attached hydrogens (tertiary/aromatic N) is 3. The number of anilines is 1. The lowest BCUT2D eigenvalue weighted by atomic mass is 9.97. The minimum Gasteiger partial charge on any atom is -0.367 e. The Morgan fingerprint density at radius 1 is 1.08 bits per heavy atom. The minimum absolute atomic E-state index is 0.0300. The van der Waals surface area contributed by atoms with Crippen LogP contribution >= 0.6 is 0 Å². The molecule has 7 heteroatoms. The molecule has 1 saturated heterocycles. The van der Waals surface area contributed by atoms with Crippen molar-refractivity contribution in [2.24, 2.45) is 0 Å². The van der Waals surface area contributed by atoms with Gasteiger partial charge in [-0.15, -0.1) is 0 Å². The smallest absolute Gasteiger partial charge is 0.244 e. The standard InChI is InChI=1S/C29H41FN4O2/c1-3-32(4-2)29(36)28(23-10-6-5-7-11-23)34-18-16-33(17-19-34)26-15-14-22(20-25(26)30)21-27(35)31-24-12-8-9-13-24/h6,10-11,14-15,20,24,28H,3-5,7-9,12-13,16-19,21H2,1-2H3,(H,31,35). The SMILES string of the molecule is CCN(CC)C(=O)C(C1=CCCC=C1)N1CCN(c2ccc(CC(=O)NC3CCCC3)cc2F)CC1. The second kappa shape index (κ2) is 12.5. The first-order valence-electron chi connectivity index (χ1n) is 13.7. The number of amides is 2. The third-order valence-electron chi connectivity index (χ3n) is 7.77. The van der Waals surface area contributed by atoms with Crippen LogP contribution in [0.5, 0.6) is 0 Å². The third kappa shape index (κ3) is 6.36. The maximum Gasteiger partial charge on any atom is 0.244 e. The fourth-order valence-corrected chi connectivity index (χ4v) is 5.73. The van der Waals surface area contributed by atoms with E-state index in [0.29, 0.717) is 50.5 Å². The van der Waals surface area contributed by atoms with Crippen molar-refractivity contribution in [2.75, 3.05) is 44.2 Å². The highest BCUT2D eigenvalue weighted by Crippen LogP contribution is 2.26. The number of carbonyl (C=O) groups excluding carboxylic acids is 2. The van der Waals surface area contributed by atoms with Gasteiger partial charge in [0.05, 0.1) is 12.1 Å². The summed E-state index contributed by atoms with van der Waals surface area (Å²) in [7, 11) is 0. The van der Waals surface area contributed by atoms with Crippen molar-refractivity contribution in [2.45, 2.75) is 70.9 Å². The highest BCUT2D eigenvalue weighted by Gasteiger charge is 2.34. The van der Waals surface area contributed by atoms with Crippen LogP contribution in [0.3, 0.4) is 0 Å². The van der Waals surface area contributed by atoms with Crippen molar-refractivity contribution in [1.29, 1.82) is 0 Å². The molecule has 1 aromatic rings. The van der Waals surface area contributed by atoms with Gasteiger partial charge in [0.2, 0.25) is 11.8 Å². The maximum absolute atomic E-state index is 15.1. The second-order valence-electron chi connectivity index (χ2n) is 10.1. The molecule has 0 radical (unpaired) electrons. The van der Waals surface area contributed by atoms with Crippen LogP contribution in [0, 0.1) is 5.82 Å². The van der Waals surface area contributed by atoms with E-state index in [0.717, 1.165) is 31.3 Å². The minimum atomic E-state index is -0.289. The van der Waals surface area contributed by atoms with Crippen molar-refractivity contribution in [1.82, 2.24) is 15.1 Å². The van der Waals surface area contributed by atoms with E-state index in [4.69, 9.17) is 0 Å². The zero-order chi connectivity index (χ0) is 25.5. The van der Waals surface area contributed by atoms with Crippen LogP contribution in [0.4, 0.5) is 10.1 Å². The molecule has 1 heterocycles. The molecule has 3 aliphatic rings. The lowest BCUT2D eigenvalue weighted by Gasteiger charge is -2.41. The van der Waals surface area contributed by atoms with E-state index in [1.165, 1.54) is 18.9 Å². The third-order valence-corrected chi connectivity index (χ3v) is 7.77. The predicted molar refractivity (Wildman–Crippen MR) is 142 cm³/mol. The first-order valence-corrected chi connectivity index (χ1v) is 13.7. The Kier molecular flexibility index (Phi) is 9.19. The van der Waals surface area contributed by atoms with Crippen molar-refractivity contribution >= 4 is 17.5 Å². The number of nitrogens with one attached hydrogen (secondary N) is 1. The summed E-state index contributed by atoms with van der Waals surface area (Å²) in [5.41, 5.74) is 2.35. The molecule has 196 valence electrons. The first kappa shape index (κ1) is 26.4. The Labute approximate surface area is 215 Å². The number of carbonyl (C=O) groups is 2. The van der Waals surface area contributed by atoms with Gasteiger partial charge >= 0.3 is 0 Å². The first-order chi connectivity index (χ1) is 17.5. The Morgan fingerprint density at radius 2 is 1.81 bits per heavy atom. The normalized spacial score (nSPS) is 19.8. The van der Waals surface area contributed by atoms with Gasteiger partial charge in [0.1, 0.15) is 11.9 Å². The summed E-state index contributed by atoms with van der Waals surface area (Å²) in [5, 5.41) is 3.07. The van der Waals surface area contributed by atoms with Gasteiger partial charge in [-0.05, 0) is 62.8 Å². The van der Waals surface area contributed by atoms with Gasteiger partial charge in [0.25, 0.3) is 0 Å². The molecule has 1 aliphatic heterocycles. The molecule has 2 aliphatic carbocycles. The Bertz CT molecular complexity index is 973. The quantitative estimate of drug-likeness (QED) is 0.560. The monoisotopic (exact) mass is 496 g/mol. The highest BCUT2D eigenvalue weighted by atomic mass is 19.1. The van der Waals surface area contributed by atoms with E-state index in [-0.39, 0.29) is 36.1 Å². The van der Waals surface area contributed by atoms with E-state index in [9.17, 15) is 9.59 Å². The van der Waals surface area contributed by atoms with E-state index in [2.05, 4.69) is 33.3 Å². The number of rotatable bonds is 9. The number of hydrogen-bond acceptors (Lipinski definition) is 4. The number of allylic oxidation sites excluding steroid dienone is 2. The fraction of sp³-hybridized carbons (Fsp3) is 0.586. The summed E-state index contributed by atoms with van der Waals surface area (Å²) in [6.45, 7) is 8.10. The topological polar surface area (TPSA) is 55.9 Å². The molecule has 6 nitrogen and oxygen atoms in total. The van der Waals surface area contributed by atoms with E-state index >= 15 is 4.39 Å². The molecule has 0 bridgehead atoms. The van der Waals surface area contributed by atoms with Crippen LogP contribution < -0.4 is 10.2 Å². The number of benzene rings is 1. The molecule has 2 amide bonds. The Morgan fingerprint density at radius 3 is 2.42 bits per heavy atom.